The standard InChI is InChI=1S/C21H30NO5P/c1-15(2)14-27-28(24,18-10-7-16(8-11-18)22(3)4)21(23)19-13-17(25-5)9-12-20(19)26-6/h7-13,15,21,23H,14H2,1-6H3/t21-,28+/m1/s1. The molecule has 0 radical (unpaired) electrons. The summed E-state index contributed by atoms with van der Waals surface area (Å²) in [5, 5.41) is 11.6. The molecular formula is C21H30NO5P. The van der Waals surface area contributed by atoms with Crippen LogP contribution in [0.15, 0.2) is 42.5 Å². The molecule has 0 heterocycles. The number of aliphatic hydroxyl groups is 1. The summed E-state index contributed by atoms with van der Waals surface area (Å²) in [7, 11) is 3.24. The van der Waals surface area contributed by atoms with Gasteiger partial charge in [0.2, 0.25) is 0 Å². The summed E-state index contributed by atoms with van der Waals surface area (Å²) in [5.74, 6) is -0.268. The monoisotopic (exact) mass is 407 g/mol. The molecule has 0 aliphatic heterocycles. The van der Waals surface area contributed by atoms with Gasteiger partial charge >= 0.3 is 0 Å². The van der Waals surface area contributed by atoms with E-state index in [4.69, 9.17) is 14.0 Å². The molecule has 28 heavy (non-hydrogen) atoms. The summed E-state index contributed by atoms with van der Waals surface area (Å²) in [6, 6.07) is 12.2. The largest absolute Gasteiger partial charge is 0.497 e. The summed E-state index contributed by atoms with van der Waals surface area (Å²) in [4.78, 5) is 1.95. The van der Waals surface area contributed by atoms with Gasteiger partial charge in [-0.1, -0.05) is 13.8 Å². The molecule has 0 amide bonds. The van der Waals surface area contributed by atoms with Gasteiger partial charge in [-0.15, -0.1) is 0 Å². The molecule has 2 rings (SSSR count). The lowest BCUT2D eigenvalue weighted by Crippen LogP contribution is -2.18. The first kappa shape index (κ1) is 22.3. The third kappa shape index (κ3) is 4.88. The van der Waals surface area contributed by atoms with Crippen LogP contribution in [0.3, 0.4) is 0 Å². The van der Waals surface area contributed by atoms with Crippen molar-refractivity contribution in [3.63, 3.8) is 0 Å². The van der Waals surface area contributed by atoms with E-state index in [2.05, 4.69) is 0 Å². The summed E-state index contributed by atoms with van der Waals surface area (Å²) >= 11 is 0. The maximum atomic E-state index is 14.0. The Balaban J connectivity index is 2.54. The molecule has 0 aliphatic rings. The Hall–Kier alpha value is -2.01. The smallest absolute Gasteiger partial charge is 0.264 e. The average Bonchev–Trinajstić information content (AvgIpc) is 2.70. The van der Waals surface area contributed by atoms with E-state index in [0.717, 1.165) is 5.69 Å². The molecular weight excluding hydrogens is 377 g/mol. The van der Waals surface area contributed by atoms with Gasteiger partial charge in [0.05, 0.1) is 20.8 Å². The van der Waals surface area contributed by atoms with Gasteiger partial charge in [0.15, 0.2) is 5.85 Å². The first-order chi connectivity index (χ1) is 13.2. The second kappa shape index (κ2) is 9.46. The third-order valence-electron chi connectivity index (χ3n) is 4.36. The second-order valence-corrected chi connectivity index (χ2v) is 9.64. The lowest BCUT2D eigenvalue weighted by molar-refractivity contribution is 0.199. The molecule has 2 aromatic carbocycles. The Kier molecular flexibility index (Phi) is 7.53. The Morgan fingerprint density at radius 3 is 2.18 bits per heavy atom. The van der Waals surface area contributed by atoms with Crippen LogP contribution in [-0.4, -0.2) is 40.0 Å². The van der Waals surface area contributed by atoms with E-state index in [9.17, 15) is 9.67 Å². The molecule has 0 unspecified atom stereocenters. The lowest BCUT2D eigenvalue weighted by Gasteiger charge is -2.27. The predicted octanol–water partition coefficient (Wildman–Crippen LogP) is 4.04. The molecule has 0 fully saturated rings. The van der Waals surface area contributed by atoms with Crippen molar-refractivity contribution in [1.82, 2.24) is 0 Å². The number of ether oxygens (including phenoxy) is 2. The minimum Gasteiger partial charge on any atom is -0.497 e. The molecule has 154 valence electrons. The van der Waals surface area contributed by atoms with Crippen LogP contribution in [0.5, 0.6) is 11.5 Å². The molecule has 6 nitrogen and oxygen atoms in total. The molecule has 7 heteroatoms. The molecule has 1 N–H and O–H groups in total. The quantitative estimate of drug-likeness (QED) is 0.633. The third-order valence-corrected chi connectivity index (χ3v) is 6.84. The Labute approximate surface area is 167 Å². The van der Waals surface area contributed by atoms with Crippen LogP contribution >= 0.6 is 7.37 Å². The first-order valence-corrected chi connectivity index (χ1v) is 10.8. The summed E-state index contributed by atoms with van der Waals surface area (Å²) < 4.78 is 30.5. The number of aliphatic hydroxyl groups excluding tert-OH is 1. The second-order valence-electron chi connectivity index (χ2n) is 7.18. The van der Waals surface area contributed by atoms with Crippen LogP contribution in [0.1, 0.15) is 25.3 Å². The first-order valence-electron chi connectivity index (χ1n) is 9.15. The maximum Gasteiger partial charge on any atom is 0.264 e. The minimum absolute atomic E-state index is 0.161. The van der Waals surface area contributed by atoms with Gasteiger partial charge < -0.3 is 24.0 Å². The van der Waals surface area contributed by atoms with Crippen molar-refractivity contribution in [1.29, 1.82) is 0 Å². The van der Waals surface area contributed by atoms with E-state index >= 15 is 0 Å². The van der Waals surface area contributed by atoms with E-state index in [1.807, 2.05) is 45.0 Å². The van der Waals surface area contributed by atoms with Gasteiger partial charge in [-0.2, -0.15) is 0 Å². The van der Waals surface area contributed by atoms with Gasteiger partial charge in [0, 0.05) is 30.7 Å². The highest BCUT2D eigenvalue weighted by Gasteiger charge is 2.38. The van der Waals surface area contributed by atoms with Crippen molar-refractivity contribution in [3.8, 4) is 11.5 Å². The van der Waals surface area contributed by atoms with Gasteiger partial charge in [0.25, 0.3) is 7.37 Å². The van der Waals surface area contributed by atoms with E-state index in [-0.39, 0.29) is 12.5 Å². The van der Waals surface area contributed by atoms with Crippen LogP contribution < -0.4 is 19.7 Å². The fourth-order valence-corrected chi connectivity index (χ4v) is 4.95. The number of hydrogen-bond donors (Lipinski definition) is 1. The highest BCUT2D eigenvalue weighted by atomic mass is 31.2. The molecule has 0 saturated carbocycles. The molecule has 0 bridgehead atoms. The zero-order valence-electron chi connectivity index (χ0n) is 17.4. The van der Waals surface area contributed by atoms with Crippen molar-refractivity contribution in [2.24, 2.45) is 5.92 Å². The number of methoxy groups -OCH3 is 2. The van der Waals surface area contributed by atoms with Crippen molar-refractivity contribution in [2.75, 3.05) is 39.8 Å². The summed E-state index contributed by atoms with van der Waals surface area (Å²) in [6.07, 6.45) is 0. The van der Waals surface area contributed by atoms with Gasteiger partial charge in [-0.05, 0) is 48.4 Å². The fraction of sp³-hybridized carbons (Fsp3) is 0.429. The molecule has 0 spiro atoms. The minimum atomic E-state index is -3.66. The highest BCUT2D eigenvalue weighted by Crippen LogP contribution is 2.59. The topological polar surface area (TPSA) is 68.2 Å². The van der Waals surface area contributed by atoms with E-state index < -0.39 is 13.2 Å². The zero-order chi connectivity index (χ0) is 20.9. The maximum absolute atomic E-state index is 14.0. The number of anilines is 1. The van der Waals surface area contributed by atoms with Crippen molar-refractivity contribution in [2.45, 2.75) is 19.7 Å². The average molecular weight is 407 g/mol. The van der Waals surface area contributed by atoms with E-state index in [1.165, 1.54) is 14.2 Å². The number of hydrogen-bond acceptors (Lipinski definition) is 6. The van der Waals surface area contributed by atoms with Crippen LogP contribution in [0.2, 0.25) is 0 Å². The zero-order valence-corrected chi connectivity index (χ0v) is 18.3. The molecule has 0 aliphatic carbocycles. The van der Waals surface area contributed by atoms with Crippen LogP contribution in [-0.2, 0) is 9.09 Å². The number of rotatable bonds is 9. The molecule has 0 aromatic heterocycles. The van der Waals surface area contributed by atoms with Gasteiger partial charge in [-0.3, -0.25) is 4.57 Å². The van der Waals surface area contributed by atoms with E-state index in [0.29, 0.717) is 22.4 Å². The molecule has 2 atom stereocenters. The Bertz CT molecular complexity index is 820. The Morgan fingerprint density at radius 2 is 1.68 bits per heavy atom. The summed E-state index contributed by atoms with van der Waals surface area (Å²) in [6.45, 7) is 4.20. The van der Waals surface area contributed by atoms with Crippen LogP contribution in [0, 0.1) is 5.92 Å². The van der Waals surface area contributed by atoms with Gasteiger partial charge in [-0.25, -0.2) is 0 Å². The fourth-order valence-electron chi connectivity index (χ4n) is 2.73. The highest BCUT2D eigenvalue weighted by molar-refractivity contribution is 7.67. The number of benzene rings is 2. The predicted molar refractivity (Wildman–Crippen MR) is 113 cm³/mol. The molecule has 0 saturated heterocycles. The summed E-state index contributed by atoms with van der Waals surface area (Å²) in [5.41, 5.74) is 1.33. The van der Waals surface area contributed by atoms with Crippen molar-refractivity contribution >= 4 is 18.4 Å². The van der Waals surface area contributed by atoms with Crippen molar-refractivity contribution in [3.05, 3.63) is 48.0 Å². The van der Waals surface area contributed by atoms with Crippen molar-refractivity contribution < 1.29 is 23.7 Å². The number of nitrogens with zero attached hydrogens (tertiary/aromatic N) is 1. The Morgan fingerprint density at radius 1 is 1.04 bits per heavy atom. The van der Waals surface area contributed by atoms with Crippen LogP contribution in [0.4, 0.5) is 5.69 Å². The normalized spacial score (nSPS) is 14.4. The SMILES string of the molecule is COc1ccc(OC)c([C@H](O)[P@@](=O)(OCC(C)C)c2ccc(N(C)C)cc2)c1. The van der Waals surface area contributed by atoms with Crippen LogP contribution in [0.25, 0.3) is 0 Å². The molecule has 2 aromatic rings. The van der Waals surface area contributed by atoms with E-state index in [1.54, 1.807) is 30.3 Å². The lowest BCUT2D eigenvalue weighted by atomic mass is 10.2. The van der Waals surface area contributed by atoms with Gasteiger partial charge in [0.1, 0.15) is 11.5 Å².